The lowest BCUT2D eigenvalue weighted by Gasteiger charge is -2.04. The summed E-state index contributed by atoms with van der Waals surface area (Å²) >= 11 is 9.08. The van der Waals surface area contributed by atoms with Crippen molar-refractivity contribution in [3.8, 4) is 6.07 Å². The van der Waals surface area contributed by atoms with Crippen molar-refractivity contribution < 1.29 is 4.79 Å². The molecule has 130 valence electrons. The summed E-state index contributed by atoms with van der Waals surface area (Å²) in [6, 6.07) is 9.91. The first-order valence-corrected chi connectivity index (χ1v) is 10.6. The fourth-order valence-electron chi connectivity index (χ4n) is 2.93. The van der Waals surface area contributed by atoms with E-state index in [9.17, 15) is 10.1 Å². The van der Waals surface area contributed by atoms with E-state index in [2.05, 4.69) is 11.4 Å². The van der Waals surface area contributed by atoms with Gasteiger partial charge in [-0.1, -0.05) is 18.0 Å². The molecule has 0 spiro atoms. The average Bonchev–Trinajstić information content (AvgIpc) is 2.76. The molecular weight excluding hydrogens is 372 g/mol. The quantitative estimate of drug-likeness (QED) is 0.529. The van der Waals surface area contributed by atoms with Crippen LogP contribution in [-0.4, -0.2) is 11.7 Å². The van der Waals surface area contributed by atoms with Crippen LogP contribution >= 0.6 is 34.7 Å². The molecule has 1 aromatic carbocycles. The summed E-state index contributed by atoms with van der Waals surface area (Å²) in [6.07, 6.45) is 5.91. The molecule has 25 heavy (non-hydrogen) atoms. The molecule has 1 aliphatic rings. The van der Waals surface area contributed by atoms with E-state index in [4.69, 9.17) is 11.6 Å². The second-order valence-electron chi connectivity index (χ2n) is 5.98. The Morgan fingerprint density at radius 2 is 2.00 bits per heavy atom. The Hall–Kier alpha value is -1.48. The van der Waals surface area contributed by atoms with Gasteiger partial charge in [-0.3, -0.25) is 4.79 Å². The lowest BCUT2D eigenvalue weighted by Crippen LogP contribution is -2.12. The fraction of sp³-hybridized carbons (Fsp3) is 0.368. The molecule has 3 rings (SSSR count). The lowest BCUT2D eigenvalue weighted by molar-refractivity contribution is -0.115. The number of thioether (sulfide) groups is 1. The first kappa shape index (κ1) is 18.3. The summed E-state index contributed by atoms with van der Waals surface area (Å²) in [5, 5.41) is 13.9. The van der Waals surface area contributed by atoms with Gasteiger partial charge in [0.2, 0.25) is 5.91 Å². The summed E-state index contributed by atoms with van der Waals surface area (Å²) < 4.78 is 0. The average molecular weight is 391 g/mol. The lowest BCUT2D eigenvalue weighted by atomic mass is 10.1. The van der Waals surface area contributed by atoms with Crippen molar-refractivity contribution in [2.45, 2.75) is 43.4 Å². The molecule has 0 fully saturated rings. The van der Waals surface area contributed by atoms with E-state index in [1.54, 1.807) is 23.1 Å². The largest absolute Gasteiger partial charge is 0.317 e. The van der Waals surface area contributed by atoms with E-state index >= 15 is 0 Å². The second kappa shape index (κ2) is 8.75. The van der Waals surface area contributed by atoms with Crippen LogP contribution in [0.4, 0.5) is 5.00 Å². The molecule has 0 unspecified atom stereocenters. The standard InChI is InChI=1S/C19H19ClN2OS2/c20-13-6-8-14(9-7-13)24-11-10-18(23)22-19-16(12-21)15-4-2-1-3-5-17(15)25-19/h6-9H,1-5,10-11H2,(H,22,23). The third kappa shape index (κ3) is 4.78. The zero-order valence-corrected chi connectivity index (χ0v) is 16.2. The highest BCUT2D eigenvalue weighted by Gasteiger charge is 2.20. The third-order valence-electron chi connectivity index (χ3n) is 4.20. The van der Waals surface area contributed by atoms with Crippen LogP contribution in [0.3, 0.4) is 0 Å². The molecule has 1 N–H and O–H groups in total. The van der Waals surface area contributed by atoms with Crippen LogP contribution in [0.1, 0.15) is 41.7 Å². The Morgan fingerprint density at radius 1 is 1.24 bits per heavy atom. The maximum absolute atomic E-state index is 12.3. The molecular formula is C19H19ClN2OS2. The first-order chi connectivity index (χ1) is 12.2. The molecule has 0 radical (unpaired) electrons. The van der Waals surface area contributed by atoms with Crippen LogP contribution in [0.2, 0.25) is 5.02 Å². The van der Waals surface area contributed by atoms with Crippen LogP contribution in [0.15, 0.2) is 29.2 Å². The Kier molecular flexibility index (Phi) is 6.41. The number of rotatable bonds is 5. The maximum Gasteiger partial charge on any atom is 0.225 e. The minimum atomic E-state index is -0.0330. The number of hydrogen-bond acceptors (Lipinski definition) is 4. The number of fused-ring (bicyclic) bond motifs is 1. The summed E-state index contributed by atoms with van der Waals surface area (Å²) in [5.74, 6) is 0.662. The summed E-state index contributed by atoms with van der Waals surface area (Å²) in [7, 11) is 0. The molecule has 0 atom stereocenters. The molecule has 2 aromatic rings. The van der Waals surface area contributed by atoms with Crippen LogP contribution in [0.5, 0.6) is 0 Å². The van der Waals surface area contributed by atoms with Crippen molar-refractivity contribution in [2.75, 3.05) is 11.1 Å². The van der Waals surface area contributed by atoms with Gasteiger partial charge in [0.15, 0.2) is 0 Å². The van der Waals surface area contributed by atoms with Crippen molar-refractivity contribution in [1.82, 2.24) is 0 Å². The number of anilines is 1. The summed E-state index contributed by atoms with van der Waals surface area (Å²) in [4.78, 5) is 14.6. The normalized spacial score (nSPS) is 13.6. The molecule has 1 aliphatic carbocycles. The van der Waals surface area contributed by atoms with Crippen molar-refractivity contribution in [1.29, 1.82) is 5.26 Å². The van der Waals surface area contributed by atoms with Crippen LogP contribution in [0.25, 0.3) is 0 Å². The number of nitrogens with one attached hydrogen (secondary N) is 1. The van der Waals surface area contributed by atoms with E-state index in [1.807, 2.05) is 24.3 Å². The predicted molar refractivity (Wildman–Crippen MR) is 106 cm³/mol. The van der Waals surface area contributed by atoms with Gasteiger partial charge >= 0.3 is 0 Å². The zero-order valence-electron chi connectivity index (χ0n) is 13.8. The number of amides is 1. The van der Waals surface area contributed by atoms with E-state index in [0.29, 0.717) is 22.8 Å². The van der Waals surface area contributed by atoms with E-state index in [1.165, 1.54) is 17.7 Å². The number of halogens is 1. The minimum Gasteiger partial charge on any atom is -0.317 e. The first-order valence-electron chi connectivity index (χ1n) is 8.40. The zero-order chi connectivity index (χ0) is 17.6. The summed E-state index contributed by atoms with van der Waals surface area (Å²) in [6.45, 7) is 0. The number of nitriles is 1. The van der Waals surface area contributed by atoms with Crippen molar-refractivity contribution in [3.63, 3.8) is 0 Å². The minimum absolute atomic E-state index is 0.0330. The monoisotopic (exact) mass is 390 g/mol. The second-order valence-corrected chi connectivity index (χ2v) is 8.69. The highest BCUT2D eigenvalue weighted by molar-refractivity contribution is 7.99. The predicted octanol–water partition coefficient (Wildman–Crippen LogP) is 5.66. The van der Waals surface area contributed by atoms with Crippen molar-refractivity contribution in [2.24, 2.45) is 0 Å². The molecule has 1 aromatic heterocycles. The van der Waals surface area contributed by atoms with Gasteiger partial charge < -0.3 is 5.32 Å². The molecule has 0 bridgehead atoms. The van der Waals surface area contributed by atoms with Crippen LogP contribution in [0, 0.1) is 11.3 Å². The molecule has 1 amide bonds. The van der Waals surface area contributed by atoms with E-state index in [0.717, 1.165) is 34.7 Å². The Balaban J connectivity index is 1.57. The molecule has 3 nitrogen and oxygen atoms in total. The Bertz CT molecular complexity index is 793. The Morgan fingerprint density at radius 3 is 2.76 bits per heavy atom. The number of carbonyl (C=O) groups is 1. The van der Waals surface area contributed by atoms with Gasteiger partial charge in [-0.15, -0.1) is 23.1 Å². The Labute approximate surface area is 161 Å². The van der Waals surface area contributed by atoms with Gasteiger partial charge in [-0.2, -0.15) is 5.26 Å². The van der Waals surface area contributed by atoms with Gasteiger partial charge in [0, 0.05) is 27.0 Å². The molecule has 0 saturated heterocycles. The number of thiophene rings is 1. The fourth-order valence-corrected chi connectivity index (χ4v) is 5.16. The topological polar surface area (TPSA) is 52.9 Å². The van der Waals surface area contributed by atoms with E-state index in [-0.39, 0.29) is 5.91 Å². The molecule has 0 saturated carbocycles. The van der Waals surface area contributed by atoms with Crippen LogP contribution < -0.4 is 5.32 Å². The van der Waals surface area contributed by atoms with Crippen LogP contribution in [-0.2, 0) is 17.6 Å². The SMILES string of the molecule is N#Cc1c(NC(=O)CCSc2ccc(Cl)cc2)sc2c1CCCCC2. The van der Waals surface area contributed by atoms with Gasteiger partial charge in [0.25, 0.3) is 0 Å². The van der Waals surface area contributed by atoms with E-state index < -0.39 is 0 Å². The van der Waals surface area contributed by atoms with Gasteiger partial charge in [-0.25, -0.2) is 0 Å². The third-order valence-corrected chi connectivity index (χ3v) is 6.67. The molecule has 6 heteroatoms. The number of nitrogens with zero attached hydrogens (tertiary/aromatic N) is 1. The molecule has 1 heterocycles. The highest BCUT2D eigenvalue weighted by atomic mass is 35.5. The smallest absolute Gasteiger partial charge is 0.225 e. The highest BCUT2D eigenvalue weighted by Crippen LogP contribution is 2.37. The van der Waals surface area contributed by atoms with Crippen molar-refractivity contribution in [3.05, 3.63) is 45.3 Å². The number of carbonyl (C=O) groups excluding carboxylic acids is 1. The van der Waals surface area contributed by atoms with Gasteiger partial charge in [0.1, 0.15) is 11.1 Å². The van der Waals surface area contributed by atoms with Crippen molar-refractivity contribution >= 4 is 45.6 Å². The van der Waals surface area contributed by atoms with Gasteiger partial charge in [0.05, 0.1) is 5.56 Å². The van der Waals surface area contributed by atoms with Gasteiger partial charge in [-0.05, 0) is 55.5 Å². The number of hydrogen-bond donors (Lipinski definition) is 1. The summed E-state index contributed by atoms with van der Waals surface area (Å²) in [5.41, 5.74) is 1.84. The molecule has 0 aliphatic heterocycles. The maximum atomic E-state index is 12.3. The number of benzene rings is 1. The number of aryl methyl sites for hydroxylation is 1.